The summed E-state index contributed by atoms with van der Waals surface area (Å²) in [6, 6.07) is 4.01. The average Bonchev–Trinajstić information content (AvgIpc) is 2.17. The van der Waals surface area contributed by atoms with E-state index in [1.54, 1.807) is 12.1 Å². The van der Waals surface area contributed by atoms with Crippen LogP contribution >= 0.6 is 11.6 Å². The topological polar surface area (TPSA) is 35.2 Å². The van der Waals surface area contributed by atoms with E-state index in [2.05, 4.69) is 0 Å². The highest BCUT2D eigenvalue weighted by atomic mass is 35.5. The number of ether oxygens (including phenoxy) is 1. The minimum Gasteiger partial charge on any atom is -0.377 e. The van der Waals surface area contributed by atoms with Crippen molar-refractivity contribution >= 4 is 11.6 Å². The Hall–Kier alpha value is -0.640. The van der Waals surface area contributed by atoms with Gasteiger partial charge in [-0.3, -0.25) is 0 Å². The van der Waals surface area contributed by atoms with Crippen LogP contribution < -0.4 is 5.73 Å². The van der Waals surface area contributed by atoms with Gasteiger partial charge >= 0.3 is 0 Å². The molecule has 0 saturated carbocycles. The van der Waals surface area contributed by atoms with E-state index >= 15 is 0 Å². The summed E-state index contributed by atoms with van der Waals surface area (Å²) in [6.07, 6.45) is -0.217. The molecular weight excluding hydrogens is 217 g/mol. The molecule has 0 heterocycles. The minimum atomic E-state index is -0.470. The third-order valence-electron chi connectivity index (χ3n) is 2.26. The molecule has 0 saturated heterocycles. The molecule has 0 amide bonds. The van der Waals surface area contributed by atoms with Gasteiger partial charge in [-0.25, -0.2) is 4.39 Å². The fourth-order valence-electron chi connectivity index (χ4n) is 1.39. The lowest BCUT2D eigenvalue weighted by Crippen LogP contribution is -2.27. The number of nitrogens with two attached hydrogens (primary N) is 1. The van der Waals surface area contributed by atoms with E-state index in [9.17, 15) is 4.39 Å². The van der Waals surface area contributed by atoms with Crippen LogP contribution in [0.25, 0.3) is 0 Å². The van der Waals surface area contributed by atoms with Crippen molar-refractivity contribution in [3.8, 4) is 0 Å². The van der Waals surface area contributed by atoms with Gasteiger partial charge in [0.15, 0.2) is 0 Å². The summed E-state index contributed by atoms with van der Waals surface area (Å²) in [6.45, 7) is 4.26. The molecule has 0 fully saturated rings. The fraction of sp³-hybridized carbons (Fsp3) is 0.455. The number of hydrogen-bond donors (Lipinski definition) is 1. The molecule has 2 N–H and O–H groups in total. The molecule has 84 valence electrons. The monoisotopic (exact) mass is 231 g/mol. The first-order chi connectivity index (χ1) is 7.06. The Morgan fingerprint density at radius 3 is 2.73 bits per heavy atom. The molecule has 1 aromatic rings. The van der Waals surface area contributed by atoms with Gasteiger partial charge in [0.1, 0.15) is 5.82 Å². The van der Waals surface area contributed by atoms with Gasteiger partial charge in [0.05, 0.1) is 12.1 Å². The lowest BCUT2D eigenvalue weighted by molar-refractivity contribution is 0.0566. The van der Waals surface area contributed by atoms with Crippen LogP contribution in [-0.2, 0) is 4.74 Å². The Kier molecular flexibility index (Phi) is 4.51. The maximum atomic E-state index is 13.5. The Balaban J connectivity index is 2.86. The first-order valence-electron chi connectivity index (χ1n) is 4.88. The van der Waals surface area contributed by atoms with Crippen molar-refractivity contribution in [1.29, 1.82) is 0 Å². The van der Waals surface area contributed by atoms with Gasteiger partial charge in [-0.15, -0.1) is 0 Å². The molecule has 0 aromatic heterocycles. The number of rotatable bonds is 4. The van der Waals surface area contributed by atoms with E-state index in [-0.39, 0.29) is 11.9 Å². The van der Waals surface area contributed by atoms with Gasteiger partial charge in [0, 0.05) is 17.2 Å². The van der Waals surface area contributed by atoms with Crippen molar-refractivity contribution < 1.29 is 9.13 Å². The summed E-state index contributed by atoms with van der Waals surface area (Å²) >= 11 is 5.65. The van der Waals surface area contributed by atoms with Gasteiger partial charge in [0.25, 0.3) is 0 Å². The Morgan fingerprint density at radius 1 is 1.53 bits per heavy atom. The molecule has 0 aliphatic rings. The van der Waals surface area contributed by atoms with E-state index in [0.717, 1.165) is 0 Å². The predicted molar refractivity (Wildman–Crippen MR) is 59.4 cm³/mol. The molecule has 1 aromatic carbocycles. The molecule has 0 bridgehead atoms. The van der Waals surface area contributed by atoms with E-state index in [4.69, 9.17) is 22.1 Å². The van der Waals surface area contributed by atoms with Crippen molar-refractivity contribution in [3.63, 3.8) is 0 Å². The van der Waals surface area contributed by atoms with E-state index in [0.29, 0.717) is 17.2 Å². The molecule has 2 nitrogen and oxygen atoms in total. The van der Waals surface area contributed by atoms with Crippen LogP contribution in [0.2, 0.25) is 5.02 Å². The van der Waals surface area contributed by atoms with Crippen molar-refractivity contribution in [2.45, 2.75) is 26.0 Å². The number of halogens is 2. The quantitative estimate of drug-likeness (QED) is 0.865. The molecule has 4 heteroatoms. The number of benzene rings is 1. The third-order valence-corrected chi connectivity index (χ3v) is 2.49. The standard InChI is InChI=1S/C11H15ClFNO/c1-3-15-7(2)11(14)9-5-4-8(12)6-10(9)13/h4-7,11H,3,14H2,1-2H3. The van der Waals surface area contributed by atoms with Crippen molar-refractivity contribution in [1.82, 2.24) is 0 Å². The molecule has 0 aliphatic carbocycles. The van der Waals surface area contributed by atoms with Gasteiger partial charge in [0.2, 0.25) is 0 Å². The summed E-state index contributed by atoms with van der Waals surface area (Å²) in [7, 11) is 0. The minimum absolute atomic E-state index is 0.217. The maximum absolute atomic E-state index is 13.5. The molecule has 0 aliphatic heterocycles. The first kappa shape index (κ1) is 12.4. The normalized spacial score (nSPS) is 15.0. The van der Waals surface area contributed by atoms with Crippen LogP contribution in [0.3, 0.4) is 0 Å². The van der Waals surface area contributed by atoms with Gasteiger partial charge in [-0.2, -0.15) is 0 Å². The Morgan fingerprint density at radius 2 is 2.20 bits per heavy atom. The molecule has 1 rings (SSSR count). The van der Waals surface area contributed by atoms with Crippen LogP contribution in [0.15, 0.2) is 18.2 Å². The van der Waals surface area contributed by atoms with E-state index < -0.39 is 6.04 Å². The van der Waals surface area contributed by atoms with Crippen LogP contribution in [0.5, 0.6) is 0 Å². The van der Waals surface area contributed by atoms with Gasteiger partial charge < -0.3 is 10.5 Å². The lowest BCUT2D eigenvalue weighted by Gasteiger charge is -2.20. The molecule has 0 radical (unpaired) electrons. The Labute approximate surface area is 94.2 Å². The van der Waals surface area contributed by atoms with Gasteiger partial charge in [-0.05, 0) is 26.0 Å². The predicted octanol–water partition coefficient (Wildman–Crippen LogP) is 2.90. The van der Waals surface area contributed by atoms with Crippen LogP contribution in [0.1, 0.15) is 25.5 Å². The maximum Gasteiger partial charge on any atom is 0.129 e. The zero-order valence-corrected chi connectivity index (χ0v) is 9.59. The summed E-state index contributed by atoms with van der Waals surface area (Å²) in [4.78, 5) is 0. The average molecular weight is 232 g/mol. The van der Waals surface area contributed by atoms with Crippen molar-refractivity contribution in [3.05, 3.63) is 34.6 Å². The van der Waals surface area contributed by atoms with Crippen molar-refractivity contribution in [2.75, 3.05) is 6.61 Å². The summed E-state index contributed by atoms with van der Waals surface area (Å²) in [5.41, 5.74) is 6.30. The van der Waals surface area contributed by atoms with Gasteiger partial charge in [-0.1, -0.05) is 17.7 Å². The van der Waals surface area contributed by atoms with Crippen molar-refractivity contribution in [2.24, 2.45) is 5.73 Å². The summed E-state index contributed by atoms with van der Waals surface area (Å²) in [5.74, 6) is -0.387. The smallest absolute Gasteiger partial charge is 0.129 e. The summed E-state index contributed by atoms with van der Waals surface area (Å²) in [5, 5.41) is 0.368. The highest BCUT2D eigenvalue weighted by Crippen LogP contribution is 2.22. The molecule has 2 unspecified atom stereocenters. The third kappa shape index (κ3) is 3.16. The second kappa shape index (κ2) is 5.45. The highest BCUT2D eigenvalue weighted by Gasteiger charge is 2.18. The second-order valence-corrected chi connectivity index (χ2v) is 3.79. The SMILES string of the molecule is CCOC(C)C(N)c1ccc(Cl)cc1F. The zero-order valence-electron chi connectivity index (χ0n) is 8.84. The van der Waals surface area contributed by atoms with Crippen LogP contribution in [0, 0.1) is 5.82 Å². The first-order valence-corrected chi connectivity index (χ1v) is 5.26. The van der Waals surface area contributed by atoms with Crippen LogP contribution in [0.4, 0.5) is 4.39 Å². The Bertz CT molecular complexity index is 332. The largest absolute Gasteiger partial charge is 0.377 e. The molecule has 2 atom stereocenters. The zero-order chi connectivity index (χ0) is 11.4. The molecular formula is C11H15ClFNO. The summed E-state index contributed by atoms with van der Waals surface area (Å²) < 4.78 is 18.8. The molecule has 15 heavy (non-hydrogen) atoms. The second-order valence-electron chi connectivity index (χ2n) is 3.35. The lowest BCUT2D eigenvalue weighted by atomic mass is 10.0. The highest BCUT2D eigenvalue weighted by molar-refractivity contribution is 6.30. The number of hydrogen-bond acceptors (Lipinski definition) is 2. The van der Waals surface area contributed by atoms with E-state index in [1.165, 1.54) is 6.07 Å². The van der Waals surface area contributed by atoms with Crippen LogP contribution in [-0.4, -0.2) is 12.7 Å². The fourth-order valence-corrected chi connectivity index (χ4v) is 1.55. The van der Waals surface area contributed by atoms with E-state index in [1.807, 2.05) is 13.8 Å². The molecule has 0 spiro atoms.